The normalized spacial score (nSPS) is 10.8. The third kappa shape index (κ3) is 4.89. The molecule has 2 aromatic carbocycles. The van der Waals surface area contributed by atoms with Gasteiger partial charge < -0.3 is 9.30 Å². The van der Waals surface area contributed by atoms with Gasteiger partial charge in [0.2, 0.25) is 0 Å². The number of carbonyl (C=O) groups is 1. The van der Waals surface area contributed by atoms with E-state index in [1.54, 1.807) is 0 Å². The van der Waals surface area contributed by atoms with E-state index in [2.05, 4.69) is 47.9 Å². The van der Waals surface area contributed by atoms with Gasteiger partial charge in [-0.25, -0.2) is 4.98 Å². The molecule has 28 heavy (non-hydrogen) atoms. The van der Waals surface area contributed by atoms with Crippen molar-refractivity contribution in [3.63, 3.8) is 0 Å². The van der Waals surface area contributed by atoms with E-state index in [0.29, 0.717) is 13.0 Å². The zero-order chi connectivity index (χ0) is 19.8. The van der Waals surface area contributed by atoms with Gasteiger partial charge in [0, 0.05) is 24.1 Å². The van der Waals surface area contributed by atoms with Gasteiger partial charge in [-0.1, -0.05) is 67.1 Å². The van der Waals surface area contributed by atoms with Gasteiger partial charge in [-0.2, -0.15) is 0 Å². The number of nitrogens with zero attached hydrogens (tertiary/aromatic N) is 2. The zero-order valence-corrected chi connectivity index (χ0v) is 16.7. The van der Waals surface area contributed by atoms with Crippen molar-refractivity contribution in [1.29, 1.82) is 0 Å². The van der Waals surface area contributed by atoms with Crippen molar-refractivity contribution in [1.82, 2.24) is 9.55 Å². The van der Waals surface area contributed by atoms with Crippen molar-refractivity contribution < 1.29 is 9.53 Å². The quantitative estimate of drug-likeness (QED) is 0.358. The Bertz CT molecular complexity index is 886. The molecule has 0 N–H and O–H groups in total. The van der Waals surface area contributed by atoms with Gasteiger partial charge in [0.25, 0.3) is 0 Å². The van der Waals surface area contributed by atoms with Crippen molar-refractivity contribution in [3.05, 3.63) is 66.5 Å². The molecule has 3 rings (SSSR count). The minimum Gasteiger partial charge on any atom is -0.466 e. The summed E-state index contributed by atoms with van der Waals surface area (Å²) in [6.45, 7) is 5.25. The standard InChI is InChI=1S/C24H28N2O2/c1-3-28-22(27)17-11-6-12-18-26-19(2)25-23(20-13-7-4-8-14-20)24(26)21-15-9-5-10-16-21/h4-5,7-10,13-16H,3,6,11-12,17-18H2,1-2H3. The fraction of sp³-hybridized carbons (Fsp3) is 0.333. The highest BCUT2D eigenvalue weighted by Crippen LogP contribution is 2.33. The van der Waals surface area contributed by atoms with Crippen molar-refractivity contribution in [2.24, 2.45) is 0 Å². The third-order valence-corrected chi connectivity index (χ3v) is 4.82. The summed E-state index contributed by atoms with van der Waals surface area (Å²) in [4.78, 5) is 16.4. The number of aromatic nitrogens is 2. The second-order valence-corrected chi connectivity index (χ2v) is 6.86. The van der Waals surface area contributed by atoms with E-state index >= 15 is 0 Å². The molecule has 1 aromatic heterocycles. The molecule has 4 nitrogen and oxygen atoms in total. The second kappa shape index (κ2) is 9.88. The molecule has 3 aromatic rings. The Morgan fingerprint density at radius 2 is 1.57 bits per heavy atom. The average molecular weight is 377 g/mol. The van der Waals surface area contributed by atoms with Crippen molar-refractivity contribution in [2.75, 3.05) is 6.61 Å². The Kier molecular flexibility index (Phi) is 7.01. The average Bonchev–Trinajstić information content (AvgIpc) is 3.05. The lowest BCUT2D eigenvalue weighted by Gasteiger charge is -2.12. The lowest BCUT2D eigenvalue weighted by Crippen LogP contribution is -2.05. The van der Waals surface area contributed by atoms with Crippen LogP contribution in [0, 0.1) is 6.92 Å². The van der Waals surface area contributed by atoms with Crippen LogP contribution in [0.4, 0.5) is 0 Å². The Morgan fingerprint density at radius 1 is 0.929 bits per heavy atom. The van der Waals surface area contributed by atoms with Gasteiger partial charge in [0.1, 0.15) is 5.82 Å². The van der Waals surface area contributed by atoms with E-state index in [9.17, 15) is 4.79 Å². The topological polar surface area (TPSA) is 44.1 Å². The zero-order valence-electron chi connectivity index (χ0n) is 16.7. The molecule has 0 amide bonds. The maximum atomic E-state index is 11.5. The summed E-state index contributed by atoms with van der Waals surface area (Å²) in [6.07, 6.45) is 3.35. The van der Waals surface area contributed by atoms with Crippen LogP contribution in [0.15, 0.2) is 60.7 Å². The maximum Gasteiger partial charge on any atom is 0.305 e. The van der Waals surface area contributed by atoms with Crippen LogP contribution < -0.4 is 0 Å². The van der Waals surface area contributed by atoms with E-state index in [4.69, 9.17) is 9.72 Å². The number of carbonyl (C=O) groups excluding carboxylic acids is 1. The maximum absolute atomic E-state index is 11.5. The van der Waals surface area contributed by atoms with E-state index in [1.165, 1.54) is 5.56 Å². The molecule has 0 aliphatic carbocycles. The monoisotopic (exact) mass is 376 g/mol. The van der Waals surface area contributed by atoms with Crippen LogP contribution in [-0.4, -0.2) is 22.1 Å². The SMILES string of the molecule is CCOC(=O)CCCCCn1c(C)nc(-c2ccccc2)c1-c1ccccc1. The van der Waals surface area contributed by atoms with Crippen LogP contribution in [0.3, 0.4) is 0 Å². The predicted octanol–water partition coefficient (Wildman–Crippen LogP) is 5.65. The molecule has 0 saturated heterocycles. The summed E-state index contributed by atoms with van der Waals surface area (Å²) in [5.41, 5.74) is 4.49. The number of rotatable bonds is 9. The smallest absolute Gasteiger partial charge is 0.305 e. The highest BCUT2D eigenvalue weighted by molar-refractivity contribution is 5.79. The fourth-order valence-corrected chi connectivity index (χ4v) is 3.47. The molecular weight excluding hydrogens is 348 g/mol. The van der Waals surface area contributed by atoms with Gasteiger partial charge in [-0.05, 0) is 26.7 Å². The molecule has 4 heteroatoms. The molecule has 0 aliphatic rings. The summed E-state index contributed by atoms with van der Waals surface area (Å²) in [5.74, 6) is 0.917. The molecule has 0 spiro atoms. The first-order chi connectivity index (χ1) is 13.7. The number of esters is 1. The molecule has 0 saturated carbocycles. The molecule has 0 aliphatic heterocycles. The Balaban J connectivity index is 1.79. The second-order valence-electron chi connectivity index (χ2n) is 6.86. The first-order valence-corrected chi connectivity index (χ1v) is 10.0. The number of aryl methyl sites for hydroxylation is 1. The number of ether oxygens (including phenoxy) is 1. The number of benzene rings is 2. The number of hydrogen-bond donors (Lipinski definition) is 0. The van der Waals surface area contributed by atoms with E-state index in [-0.39, 0.29) is 5.97 Å². The molecule has 1 heterocycles. The fourth-order valence-electron chi connectivity index (χ4n) is 3.47. The number of imidazole rings is 1. The van der Waals surface area contributed by atoms with E-state index in [1.807, 2.05) is 31.2 Å². The number of unbranched alkanes of at least 4 members (excludes halogenated alkanes) is 2. The molecule has 0 fully saturated rings. The van der Waals surface area contributed by atoms with Gasteiger partial charge >= 0.3 is 5.97 Å². The first kappa shape index (κ1) is 19.9. The summed E-state index contributed by atoms with van der Waals surface area (Å²) in [7, 11) is 0. The Labute approximate surface area is 167 Å². The molecule has 146 valence electrons. The predicted molar refractivity (Wildman–Crippen MR) is 113 cm³/mol. The van der Waals surface area contributed by atoms with Gasteiger partial charge in [-0.3, -0.25) is 4.79 Å². The van der Waals surface area contributed by atoms with Crippen LogP contribution in [-0.2, 0) is 16.1 Å². The first-order valence-electron chi connectivity index (χ1n) is 10.0. The summed E-state index contributed by atoms with van der Waals surface area (Å²) in [6, 6.07) is 20.8. The number of hydrogen-bond acceptors (Lipinski definition) is 3. The van der Waals surface area contributed by atoms with Crippen molar-refractivity contribution >= 4 is 5.97 Å². The molecule has 0 radical (unpaired) electrons. The van der Waals surface area contributed by atoms with E-state index in [0.717, 1.165) is 48.6 Å². The van der Waals surface area contributed by atoms with Crippen LogP contribution in [0.25, 0.3) is 22.5 Å². The minimum absolute atomic E-state index is 0.0994. The Hall–Kier alpha value is -2.88. The van der Waals surface area contributed by atoms with E-state index < -0.39 is 0 Å². The minimum atomic E-state index is -0.0994. The van der Waals surface area contributed by atoms with Crippen molar-refractivity contribution in [2.45, 2.75) is 46.1 Å². The van der Waals surface area contributed by atoms with Gasteiger partial charge in [-0.15, -0.1) is 0 Å². The lowest BCUT2D eigenvalue weighted by molar-refractivity contribution is -0.143. The van der Waals surface area contributed by atoms with Crippen LogP contribution in [0.5, 0.6) is 0 Å². The largest absolute Gasteiger partial charge is 0.466 e. The highest BCUT2D eigenvalue weighted by Gasteiger charge is 2.17. The van der Waals surface area contributed by atoms with Crippen molar-refractivity contribution in [3.8, 4) is 22.5 Å². The van der Waals surface area contributed by atoms with Gasteiger partial charge in [0.15, 0.2) is 0 Å². The van der Waals surface area contributed by atoms with Gasteiger partial charge in [0.05, 0.1) is 18.0 Å². The lowest BCUT2D eigenvalue weighted by atomic mass is 10.0. The van der Waals surface area contributed by atoms with Crippen LogP contribution in [0.1, 0.15) is 38.4 Å². The molecule has 0 atom stereocenters. The Morgan fingerprint density at radius 3 is 2.21 bits per heavy atom. The molecular formula is C24H28N2O2. The summed E-state index contributed by atoms with van der Waals surface area (Å²) < 4.78 is 7.31. The molecule has 0 unspecified atom stereocenters. The summed E-state index contributed by atoms with van der Waals surface area (Å²) >= 11 is 0. The van der Waals surface area contributed by atoms with Crippen LogP contribution >= 0.6 is 0 Å². The van der Waals surface area contributed by atoms with Crippen LogP contribution in [0.2, 0.25) is 0 Å². The summed E-state index contributed by atoms with van der Waals surface area (Å²) in [5, 5.41) is 0. The molecule has 0 bridgehead atoms. The highest BCUT2D eigenvalue weighted by atomic mass is 16.5. The third-order valence-electron chi connectivity index (χ3n) is 4.82.